The Balaban J connectivity index is 1.88. The van der Waals surface area contributed by atoms with Crippen molar-refractivity contribution in [3.8, 4) is 5.75 Å². The van der Waals surface area contributed by atoms with Crippen LogP contribution < -0.4 is 4.74 Å². The molecular formula is C27H34N2O5. The number of carboxylic acids is 1. The average molecular weight is 467 g/mol. The van der Waals surface area contributed by atoms with Crippen molar-refractivity contribution in [2.24, 2.45) is 5.41 Å². The maximum absolute atomic E-state index is 13.7. The number of aliphatic carboxylic acids is 1. The first-order valence-corrected chi connectivity index (χ1v) is 12.0. The Morgan fingerprint density at radius 3 is 2.21 bits per heavy atom. The van der Waals surface area contributed by atoms with E-state index in [2.05, 4.69) is 0 Å². The zero-order chi connectivity index (χ0) is 24.9. The van der Waals surface area contributed by atoms with Crippen LogP contribution in [0, 0.1) is 5.41 Å². The lowest BCUT2D eigenvalue weighted by Crippen LogP contribution is -2.74. The number of hydrogen-bond acceptors (Lipinski definition) is 4. The summed E-state index contributed by atoms with van der Waals surface area (Å²) in [5.41, 5.74) is 0.880. The fourth-order valence-electron chi connectivity index (χ4n) is 4.62. The molecule has 0 spiro atoms. The van der Waals surface area contributed by atoms with Gasteiger partial charge in [0.25, 0.3) is 0 Å². The van der Waals surface area contributed by atoms with Crippen LogP contribution in [0.2, 0.25) is 0 Å². The molecule has 1 fully saturated rings. The van der Waals surface area contributed by atoms with Gasteiger partial charge in [-0.25, -0.2) is 9.69 Å². The minimum atomic E-state index is -0.908. The van der Waals surface area contributed by atoms with Crippen LogP contribution in [0.15, 0.2) is 54.6 Å². The molecule has 182 valence electrons. The van der Waals surface area contributed by atoms with Gasteiger partial charge in [-0.2, -0.15) is 0 Å². The van der Waals surface area contributed by atoms with Crippen LogP contribution in [0.3, 0.4) is 0 Å². The fourth-order valence-corrected chi connectivity index (χ4v) is 4.62. The van der Waals surface area contributed by atoms with E-state index < -0.39 is 17.6 Å². The molecule has 1 unspecified atom stereocenters. The zero-order valence-corrected chi connectivity index (χ0v) is 20.4. The zero-order valence-electron chi connectivity index (χ0n) is 20.4. The molecular weight excluding hydrogens is 432 g/mol. The largest absolute Gasteiger partial charge is 0.481 e. The Kier molecular flexibility index (Phi) is 7.97. The molecule has 34 heavy (non-hydrogen) atoms. The molecule has 0 saturated carbocycles. The summed E-state index contributed by atoms with van der Waals surface area (Å²) in [6, 6.07) is 16.0. The van der Waals surface area contributed by atoms with Crippen molar-refractivity contribution in [2.75, 3.05) is 6.54 Å². The number of ether oxygens (including phenoxy) is 1. The third-order valence-corrected chi connectivity index (χ3v) is 6.81. The molecule has 1 aliphatic heterocycles. The molecule has 0 aromatic heterocycles. The normalized spacial score (nSPS) is 17.6. The second-order valence-electron chi connectivity index (χ2n) is 8.79. The third kappa shape index (κ3) is 4.79. The second kappa shape index (κ2) is 10.7. The van der Waals surface area contributed by atoms with Crippen LogP contribution in [0.4, 0.5) is 4.79 Å². The summed E-state index contributed by atoms with van der Waals surface area (Å²) >= 11 is 0. The van der Waals surface area contributed by atoms with Gasteiger partial charge in [-0.15, -0.1) is 0 Å². The number of carbonyl (C=O) groups is 3. The molecule has 0 radical (unpaired) electrons. The second-order valence-corrected chi connectivity index (χ2v) is 8.79. The number of rotatable bonds is 10. The van der Waals surface area contributed by atoms with Gasteiger partial charge < -0.3 is 14.7 Å². The first-order chi connectivity index (χ1) is 16.3. The highest BCUT2D eigenvalue weighted by molar-refractivity contribution is 6.03. The lowest BCUT2D eigenvalue weighted by molar-refractivity contribution is -0.192. The van der Waals surface area contributed by atoms with Gasteiger partial charge in [-0.05, 0) is 49.4 Å². The van der Waals surface area contributed by atoms with E-state index in [4.69, 9.17) is 9.84 Å². The highest BCUT2D eigenvalue weighted by Crippen LogP contribution is 2.47. The topological polar surface area (TPSA) is 87.2 Å². The van der Waals surface area contributed by atoms with Crippen LogP contribution in [-0.2, 0) is 16.0 Å². The van der Waals surface area contributed by atoms with Crippen molar-refractivity contribution in [1.29, 1.82) is 0 Å². The molecule has 1 heterocycles. The van der Waals surface area contributed by atoms with Crippen molar-refractivity contribution in [3.05, 3.63) is 65.7 Å². The number of urea groups is 1. The van der Waals surface area contributed by atoms with Gasteiger partial charge in [0.2, 0.25) is 5.91 Å². The monoisotopic (exact) mass is 466 g/mol. The van der Waals surface area contributed by atoms with Crippen LogP contribution in [0.1, 0.15) is 64.1 Å². The smallest absolute Gasteiger partial charge is 0.330 e. The first kappa shape index (κ1) is 25.3. The van der Waals surface area contributed by atoms with Gasteiger partial charge in [-0.1, -0.05) is 63.2 Å². The first-order valence-electron chi connectivity index (χ1n) is 12.0. The van der Waals surface area contributed by atoms with E-state index in [0.29, 0.717) is 30.7 Å². The van der Waals surface area contributed by atoms with E-state index >= 15 is 0 Å². The van der Waals surface area contributed by atoms with Crippen LogP contribution in [0.5, 0.6) is 5.75 Å². The fraction of sp³-hybridized carbons (Fsp3) is 0.444. The number of nitrogens with zero attached hydrogens (tertiary/aromatic N) is 2. The number of β-lactam (4-membered cyclic amide) rings is 1. The van der Waals surface area contributed by atoms with Crippen LogP contribution >= 0.6 is 0 Å². The maximum atomic E-state index is 13.7. The van der Waals surface area contributed by atoms with Crippen molar-refractivity contribution in [3.63, 3.8) is 0 Å². The third-order valence-electron chi connectivity index (χ3n) is 6.81. The van der Waals surface area contributed by atoms with E-state index in [0.717, 1.165) is 12.0 Å². The summed E-state index contributed by atoms with van der Waals surface area (Å²) in [6.45, 7) is 8.36. The highest BCUT2D eigenvalue weighted by atomic mass is 16.5. The minimum Gasteiger partial charge on any atom is -0.481 e. The number of hydrogen-bond donors (Lipinski definition) is 1. The SMILES string of the molecule is CCCN(C(=O)N1C(=O)C(CC)(CC)C1Oc1ccc(CC(=O)O)cc1)[C@H](C)c1ccccc1. The van der Waals surface area contributed by atoms with Crippen molar-refractivity contribution in [2.45, 2.75) is 65.6 Å². The number of amides is 3. The molecule has 3 amide bonds. The number of benzene rings is 2. The Hall–Kier alpha value is -3.35. The number of carboxylic acid groups (broad SMARTS) is 1. The van der Waals surface area contributed by atoms with Crippen molar-refractivity contribution in [1.82, 2.24) is 9.80 Å². The minimum absolute atomic E-state index is 0.0794. The average Bonchev–Trinajstić information content (AvgIpc) is 2.84. The molecule has 1 N–H and O–H groups in total. The summed E-state index contributed by atoms with van der Waals surface area (Å²) in [7, 11) is 0. The van der Waals surface area contributed by atoms with E-state index in [1.165, 1.54) is 4.90 Å². The molecule has 2 aromatic carbocycles. The molecule has 7 heteroatoms. The molecule has 3 rings (SSSR count). The molecule has 7 nitrogen and oxygen atoms in total. The Bertz CT molecular complexity index is 1000. The number of likely N-dealkylation sites (tertiary alicyclic amines) is 1. The molecule has 1 saturated heterocycles. The van der Waals surface area contributed by atoms with E-state index in [1.54, 1.807) is 29.2 Å². The molecule has 2 aromatic rings. The Labute approximate surface area is 201 Å². The van der Waals surface area contributed by atoms with Crippen LogP contribution in [0.25, 0.3) is 0 Å². The summed E-state index contributed by atoms with van der Waals surface area (Å²) in [6.07, 6.45) is 1.06. The lowest BCUT2D eigenvalue weighted by Gasteiger charge is -2.54. The van der Waals surface area contributed by atoms with Gasteiger partial charge >= 0.3 is 12.0 Å². The van der Waals surface area contributed by atoms with E-state index in [9.17, 15) is 14.4 Å². The standard InChI is InChI=1S/C27H34N2O5/c1-5-17-28(19(4)21-11-9-8-10-12-21)26(33)29-24(32)27(6-2,7-3)25(29)34-22-15-13-20(14-16-22)18-23(30)31/h8-16,19,25H,5-7,17-18H2,1-4H3,(H,30,31)/t19-,25?/m1/s1. The quantitative estimate of drug-likeness (QED) is 0.483. The van der Waals surface area contributed by atoms with Gasteiger partial charge in [0.05, 0.1) is 12.5 Å². The molecule has 2 atom stereocenters. The number of carbonyl (C=O) groups excluding carboxylic acids is 2. The van der Waals surface area contributed by atoms with Crippen molar-refractivity contribution < 1.29 is 24.2 Å². The van der Waals surface area contributed by atoms with E-state index in [-0.39, 0.29) is 24.4 Å². The van der Waals surface area contributed by atoms with Gasteiger partial charge in [0.1, 0.15) is 11.2 Å². The predicted molar refractivity (Wildman–Crippen MR) is 129 cm³/mol. The number of imide groups is 1. The molecule has 1 aliphatic rings. The maximum Gasteiger partial charge on any atom is 0.330 e. The van der Waals surface area contributed by atoms with E-state index in [1.807, 2.05) is 58.0 Å². The summed E-state index contributed by atoms with van der Waals surface area (Å²) in [5.74, 6) is -0.625. The Morgan fingerprint density at radius 1 is 1.06 bits per heavy atom. The predicted octanol–water partition coefficient (Wildman–Crippen LogP) is 5.26. The lowest BCUT2D eigenvalue weighted by atomic mass is 9.72. The van der Waals surface area contributed by atoms with Gasteiger partial charge in [-0.3, -0.25) is 9.59 Å². The highest BCUT2D eigenvalue weighted by Gasteiger charge is 2.63. The molecule has 0 bridgehead atoms. The van der Waals surface area contributed by atoms with Gasteiger partial charge in [0, 0.05) is 6.54 Å². The van der Waals surface area contributed by atoms with Crippen molar-refractivity contribution >= 4 is 17.9 Å². The summed E-state index contributed by atoms with van der Waals surface area (Å²) in [4.78, 5) is 41.0. The summed E-state index contributed by atoms with van der Waals surface area (Å²) < 4.78 is 6.24. The van der Waals surface area contributed by atoms with Crippen LogP contribution in [-0.4, -0.2) is 45.6 Å². The summed E-state index contributed by atoms with van der Waals surface area (Å²) in [5, 5.41) is 8.99. The van der Waals surface area contributed by atoms with Gasteiger partial charge in [0.15, 0.2) is 6.23 Å². The molecule has 0 aliphatic carbocycles. The Morgan fingerprint density at radius 2 is 1.68 bits per heavy atom.